The molecule has 0 saturated carbocycles. The molecule has 1 aliphatic rings. The van der Waals surface area contributed by atoms with Crippen LogP contribution >= 0.6 is 0 Å². The lowest BCUT2D eigenvalue weighted by Gasteiger charge is -2.21. The van der Waals surface area contributed by atoms with E-state index in [4.69, 9.17) is 4.74 Å². The van der Waals surface area contributed by atoms with Crippen molar-refractivity contribution in [3.05, 3.63) is 41.1 Å². The summed E-state index contributed by atoms with van der Waals surface area (Å²) in [6, 6.07) is 5.04. The summed E-state index contributed by atoms with van der Waals surface area (Å²) in [4.78, 5) is 25.8. The summed E-state index contributed by atoms with van der Waals surface area (Å²) < 4.78 is 5.11. The van der Waals surface area contributed by atoms with E-state index >= 15 is 0 Å². The summed E-state index contributed by atoms with van der Waals surface area (Å²) in [5.74, 6) is 0.0964. The van der Waals surface area contributed by atoms with E-state index in [2.05, 4.69) is 0 Å². The van der Waals surface area contributed by atoms with Gasteiger partial charge in [-0.25, -0.2) is 0 Å². The van der Waals surface area contributed by atoms with Crippen molar-refractivity contribution >= 4 is 11.6 Å². The third-order valence-electron chi connectivity index (χ3n) is 2.72. The molecule has 2 rings (SSSR count). The average molecular weight is 231 g/mol. The van der Waals surface area contributed by atoms with Gasteiger partial charge in [-0.3, -0.25) is 9.59 Å². The Balaban J connectivity index is 2.63. The summed E-state index contributed by atoms with van der Waals surface area (Å²) in [6.07, 6.45) is 1.35. The summed E-state index contributed by atoms with van der Waals surface area (Å²) in [5, 5.41) is 0. The van der Waals surface area contributed by atoms with Crippen LogP contribution < -0.4 is 4.74 Å². The molecule has 1 aromatic carbocycles. The van der Waals surface area contributed by atoms with Gasteiger partial charge in [-0.05, 0) is 12.1 Å². The van der Waals surface area contributed by atoms with Crippen molar-refractivity contribution in [2.75, 3.05) is 21.2 Å². The minimum absolute atomic E-state index is 0.150. The second-order valence-electron chi connectivity index (χ2n) is 4.00. The fourth-order valence-electron chi connectivity index (χ4n) is 1.88. The maximum absolute atomic E-state index is 12.2. The molecular weight excluding hydrogens is 218 g/mol. The molecule has 0 heterocycles. The second-order valence-corrected chi connectivity index (χ2v) is 4.00. The molecule has 88 valence electrons. The number of carbonyl (C=O) groups excluding carboxylic acids is 2. The lowest BCUT2D eigenvalue weighted by atomic mass is 9.91. The zero-order valence-corrected chi connectivity index (χ0v) is 9.98. The van der Waals surface area contributed by atoms with Gasteiger partial charge in [0, 0.05) is 25.7 Å². The summed E-state index contributed by atoms with van der Waals surface area (Å²) in [6.45, 7) is 0. The SMILES string of the molecule is COc1cccc2c1C(=O)C=C(N(C)C)C2=O. The van der Waals surface area contributed by atoms with Crippen molar-refractivity contribution in [3.63, 3.8) is 0 Å². The first-order valence-electron chi connectivity index (χ1n) is 5.21. The Kier molecular flexibility index (Phi) is 2.71. The molecule has 0 radical (unpaired) electrons. The highest BCUT2D eigenvalue weighted by Crippen LogP contribution is 2.29. The average Bonchev–Trinajstić information content (AvgIpc) is 2.32. The minimum atomic E-state index is -0.194. The fourth-order valence-corrected chi connectivity index (χ4v) is 1.88. The van der Waals surface area contributed by atoms with E-state index in [1.807, 2.05) is 0 Å². The largest absolute Gasteiger partial charge is 0.496 e. The van der Waals surface area contributed by atoms with Crippen molar-refractivity contribution in [2.45, 2.75) is 0 Å². The first kappa shape index (κ1) is 11.4. The molecule has 0 aromatic heterocycles. The number of likely N-dealkylation sites (N-methyl/N-ethyl adjacent to an activating group) is 1. The fraction of sp³-hybridized carbons (Fsp3) is 0.231. The second kappa shape index (κ2) is 4.05. The molecule has 0 aliphatic heterocycles. The molecule has 0 saturated heterocycles. The van der Waals surface area contributed by atoms with Gasteiger partial charge in [0.2, 0.25) is 5.78 Å². The number of allylic oxidation sites excluding steroid dienone is 2. The number of rotatable bonds is 2. The number of ether oxygens (including phenoxy) is 1. The van der Waals surface area contributed by atoms with E-state index in [1.54, 1.807) is 37.2 Å². The van der Waals surface area contributed by atoms with Crippen LogP contribution in [0.2, 0.25) is 0 Å². The normalized spacial score (nSPS) is 14.2. The van der Waals surface area contributed by atoms with Crippen molar-refractivity contribution < 1.29 is 14.3 Å². The third-order valence-corrected chi connectivity index (χ3v) is 2.72. The zero-order chi connectivity index (χ0) is 12.6. The number of hydrogen-bond donors (Lipinski definition) is 0. The van der Waals surface area contributed by atoms with Crippen LogP contribution in [-0.2, 0) is 0 Å². The Hall–Kier alpha value is -2.10. The van der Waals surface area contributed by atoms with Crippen molar-refractivity contribution in [2.24, 2.45) is 0 Å². The van der Waals surface area contributed by atoms with Gasteiger partial charge >= 0.3 is 0 Å². The van der Waals surface area contributed by atoms with E-state index in [-0.39, 0.29) is 11.6 Å². The first-order chi connectivity index (χ1) is 8.06. The molecular formula is C13H13NO3. The number of carbonyl (C=O) groups is 2. The predicted octanol–water partition coefficient (Wildman–Crippen LogP) is 1.52. The number of nitrogens with zero attached hydrogens (tertiary/aromatic N) is 1. The summed E-state index contributed by atoms with van der Waals surface area (Å²) >= 11 is 0. The van der Waals surface area contributed by atoms with Crippen LogP contribution in [0.25, 0.3) is 0 Å². The monoisotopic (exact) mass is 231 g/mol. The molecule has 1 aromatic rings. The minimum Gasteiger partial charge on any atom is -0.496 e. The molecule has 4 nitrogen and oxygen atoms in total. The summed E-state index contributed by atoms with van der Waals surface area (Å²) in [7, 11) is 4.96. The number of ketones is 2. The number of Topliss-reactive ketones (excluding diaryl/α,β-unsaturated/α-hetero) is 1. The Bertz CT molecular complexity index is 529. The van der Waals surface area contributed by atoms with Crippen LogP contribution in [0.3, 0.4) is 0 Å². The lowest BCUT2D eigenvalue weighted by molar-refractivity contribution is 0.0960. The van der Waals surface area contributed by atoms with E-state index < -0.39 is 0 Å². The molecule has 0 amide bonds. The van der Waals surface area contributed by atoms with Crippen LogP contribution in [0.1, 0.15) is 20.7 Å². The number of benzene rings is 1. The molecule has 0 fully saturated rings. The molecule has 0 bridgehead atoms. The Morgan fingerprint density at radius 2 is 1.88 bits per heavy atom. The molecule has 1 aliphatic carbocycles. The van der Waals surface area contributed by atoms with Crippen LogP contribution in [-0.4, -0.2) is 37.7 Å². The maximum Gasteiger partial charge on any atom is 0.210 e. The topological polar surface area (TPSA) is 46.6 Å². The predicted molar refractivity (Wildman–Crippen MR) is 63.4 cm³/mol. The molecule has 17 heavy (non-hydrogen) atoms. The lowest BCUT2D eigenvalue weighted by Crippen LogP contribution is -2.26. The zero-order valence-electron chi connectivity index (χ0n) is 9.98. The van der Waals surface area contributed by atoms with Gasteiger partial charge in [0.1, 0.15) is 5.75 Å². The van der Waals surface area contributed by atoms with Gasteiger partial charge in [-0.1, -0.05) is 6.07 Å². The van der Waals surface area contributed by atoms with Gasteiger partial charge in [0.25, 0.3) is 0 Å². The highest BCUT2D eigenvalue weighted by molar-refractivity contribution is 6.25. The number of methoxy groups -OCH3 is 1. The van der Waals surface area contributed by atoms with Gasteiger partial charge in [0.15, 0.2) is 5.78 Å². The Morgan fingerprint density at radius 1 is 1.18 bits per heavy atom. The Labute approximate surface area is 99.5 Å². The van der Waals surface area contributed by atoms with Crippen molar-refractivity contribution in [1.82, 2.24) is 4.90 Å². The van der Waals surface area contributed by atoms with Crippen LogP contribution in [0, 0.1) is 0 Å². The van der Waals surface area contributed by atoms with E-state index in [0.29, 0.717) is 22.6 Å². The molecule has 0 unspecified atom stereocenters. The molecule has 0 N–H and O–H groups in total. The highest BCUT2D eigenvalue weighted by atomic mass is 16.5. The van der Waals surface area contributed by atoms with Gasteiger partial charge in [-0.2, -0.15) is 0 Å². The highest BCUT2D eigenvalue weighted by Gasteiger charge is 2.29. The third kappa shape index (κ3) is 1.71. The van der Waals surface area contributed by atoms with E-state index in [9.17, 15) is 9.59 Å². The first-order valence-corrected chi connectivity index (χ1v) is 5.21. The van der Waals surface area contributed by atoms with Gasteiger partial charge in [-0.15, -0.1) is 0 Å². The Morgan fingerprint density at radius 3 is 2.47 bits per heavy atom. The van der Waals surface area contributed by atoms with Crippen molar-refractivity contribution in [1.29, 1.82) is 0 Å². The van der Waals surface area contributed by atoms with Crippen LogP contribution in [0.5, 0.6) is 5.75 Å². The van der Waals surface area contributed by atoms with E-state index in [0.717, 1.165) is 0 Å². The van der Waals surface area contributed by atoms with Gasteiger partial charge < -0.3 is 9.64 Å². The quantitative estimate of drug-likeness (QED) is 0.774. The standard InChI is InChI=1S/C13H13NO3/c1-14(2)9-7-10(15)12-8(13(9)16)5-4-6-11(12)17-3/h4-7H,1-3H3. The smallest absolute Gasteiger partial charge is 0.210 e. The molecule has 4 heteroatoms. The van der Waals surface area contributed by atoms with E-state index in [1.165, 1.54) is 13.2 Å². The molecule has 0 atom stereocenters. The van der Waals surface area contributed by atoms with Gasteiger partial charge in [0.05, 0.1) is 18.4 Å². The van der Waals surface area contributed by atoms with Crippen LogP contribution in [0.15, 0.2) is 30.0 Å². The molecule has 0 spiro atoms. The number of hydrogen-bond acceptors (Lipinski definition) is 4. The number of fused-ring (bicyclic) bond motifs is 1. The maximum atomic E-state index is 12.2. The van der Waals surface area contributed by atoms with Crippen molar-refractivity contribution in [3.8, 4) is 5.75 Å². The van der Waals surface area contributed by atoms with Crippen LogP contribution in [0.4, 0.5) is 0 Å². The summed E-state index contributed by atoms with van der Waals surface area (Å²) in [5.41, 5.74) is 1.15.